The van der Waals surface area contributed by atoms with Crippen LogP contribution in [0.4, 0.5) is 0 Å². The van der Waals surface area contributed by atoms with Gasteiger partial charge in [0.2, 0.25) is 0 Å². The second-order valence-corrected chi connectivity index (χ2v) is 6.98. The molecule has 3 nitrogen and oxygen atoms in total. The molecule has 0 unspecified atom stereocenters. The van der Waals surface area contributed by atoms with Crippen LogP contribution in [-0.2, 0) is 0 Å². The minimum atomic E-state index is 0.314. The number of nitrogens with two attached hydrogens (primary N) is 1. The van der Waals surface area contributed by atoms with Gasteiger partial charge < -0.3 is 15.5 Å². The molecule has 1 saturated heterocycles. The summed E-state index contributed by atoms with van der Waals surface area (Å²) in [5.74, 6) is 0.911. The molecule has 0 aromatic heterocycles. The molecule has 18 heavy (non-hydrogen) atoms. The Bertz CT molecular complexity index is 220. The summed E-state index contributed by atoms with van der Waals surface area (Å²) in [7, 11) is 4.50. The van der Waals surface area contributed by atoms with Gasteiger partial charge in [-0.05, 0) is 77.3 Å². The monoisotopic (exact) mass is 255 g/mol. The van der Waals surface area contributed by atoms with Crippen molar-refractivity contribution < 1.29 is 0 Å². The molecule has 0 aromatic rings. The third kappa shape index (κ3) is 6.17. The van der Waals surface area contributed by atoms with Gasteiger partial charge in [-0.2, -0.15) is 0 Å². The van der Waals surface area contributed by atoms with E-state index in [0.717, 1.165) is 12.5 Å². The van der Waals surface area contributed by atoms with E-state index >= 15 is 0 Å². The topological polar surface area (TPSA) is 32.5 Å². The van der Waals surface area contributed by atoms with E-state index in [0.29, 0.717) is 5.41 Å². The average molecular weight is 255 g/mol. The van der Waals surface area contributed by atoms with Crippen molar-refractivity contribution >= 4 is 0 Å². The summed E-state index contributed by atoms with van der Waals surface area (Å²) in [6, 6.07) is 0. The fourth-order valence-corrected chi connectivity index (χ4v) is 2.71. The molecule has 0 atom stereocenters. The summed E-state index contributed by atoms with van der Waals surface area (Å²) in [6.07, 6.45) is 5.25. The molecule has 1 aliphatic heterocycles. The molecule has 1 rings (SSSR count). The number of hydrogen-bond donors (Lipinski definition) is 1. The van der Waals surface area contributed by atoms with Crippen LogP contribution < -0.4 is 5.73 Å². The molecule has 3 heteroatoms. The minimum absolute atomic E-state index is 0.314. The van der Waals surface area contributed by atoms with Gasteiger partial charge in [0.1, 0.15) is 0 Å². The number of likely N-dealkylation sites (tertiary alicyclic amines) is 1. The van der Waals surface area contributed by atoms with E-state index in [1.54, 1.807) is 0 Å². The van der Waals surface area contributed by atoms with Gasteiger partial charge in [-0.25, -0.2) is 0 Å². The highest BCUT2D eigenvalue weighted by atomic mass is 15.1. The Balaban J connectivity index is 2.12. The Hall–Kier alpha value is -0.120. The molecule has 1 heterocycles. The molecule has 1 fully saturated rings. The zero-order chi connectivity index (χ0) is 13.6. The van der Waals surface area contributed by atoms with E-state index in [1.165, 1.54) is 51.9 Å². The Kier molecular flexibility index (Phi) is 6.61. The van der Waals surface area contributed by atoms with Crippen molar-refractivity contribution in [2.45, 2.75) is 39.5 Å². The van der Waals surface area contributed by atoms with E-state index in [1.807, 2.05) is 0 Å². The fraction of sp³-hybridized carbons (Fsp3) is 1.00. The predicted octanol–water partition coefficient (Wildman–Crippen LogP) is 2.03. The Morgan fingerprint density at radius 1 is 1.28 bits per heavy atom. The van der Waals surface area contributed by atoms with Crippen molar-refractivity contribution in [3.8, 4) is 0 Å². The molecule has 0 aliphatic carbocycles. The van der Waals surface area contributed by atoms with Gasteiger partial charge in [0.15, 0.2) is 0 Å². The van der Waals surface area contributed by atoms with Crippen LogP contribution in [0.3, 0.4) is 0 Å². The Morgan fingerprint density at radius 3 is 2.44 bits per heavy atom. The average Bonchev–Trinajstić information content (AvgIpc) is 2.32. The molecular formula is C15H33N3. The highest BCUT2D eigenvalue weighted by Crippen LogP contribution is 2.21. The molecule has 0 spiro atoms. The zero-order valence-electron chi connectivity index (χ0n) is 12.9. The molecule has 2 N–H and O–H groups in total. The summed E-state index contributed by atoms with van der Waals surface area (Å²) >= 11 is 0. The van der Waals surface area contributed by atoms with Crippen molar-refractivity contribution in [3.05, 3.63) is 0 Å². The minimum Gasteiger partial charge on any atom is -0.330 e. The first kappa shape index (κ1) is 15.9. The maximum absolute atomic E-state index is 5.77. The SMILES string of the molecule is CN1CCC(CN(C)CCCC(C)(C)CN)CC1. The first-order valence-electron chi connectivity index (χ1n) is 7.50. The van der Waals surface area contributed by atoms with Gasteiger partial charge in [-0.15, -0.1) is 0 Å². The molecule has 0 saturated carbocycles. The lowest BCUT2D eigenvalue weighted by Crippen LogP contribution is -2.36. The summed E-state index contributed by atoms with van der Waals surface area (Å²) in [5.41, 5.74) is 6.08. The van der Waals surface area contributed by atoms with Crippen LogP contribution in [0.2, 0.25) is 0 Å². The maximum Gasteiger partial charge on any atom is 0.000756 e. The first-order valence-corrected chi connectivity index (χ1v) is 7.50. The summed E-state index contributed by atoms with van der Waals surface area (Å²) in [5, 5.41) is 0. The number of nitrogens with zero attached hydrogens (tertiary/aromatic N) is 2. The van der Waals surface area contributed by atoms with E-state index in [4.69, 9.17) is 5.73 Å². The fourth-order valence-electron chi connectivity index (χ4n) is 2.71. The van der Waals surface area contributed by atoms with E-state index in [9.17, 15) is 0 Å². The van der Waals surface area contributed by atoms with Crippen LogP contribution in [0, 0.1) is 11.3 Å². The first-order chi connectivity index (χ1) is 8.43. The van der Waals surface area contributed by atoms with Crippen molar-refractivity contribution in [1.82, 2.24) is 9.80 Å². The molecule has 0 amide bonds. The summed E-state index contributed by atoms with van der Waals surface area (Å²) < 4.78 is 0. The van der Waals surface area contributed by atoms with Crippen molar-refractivity contribution in [1.29, 1.82) is 0 Å². The maximum atomic E-state index is 5.77. The standard InChI is InChI=1S/C15H33N3/c1-15(2,13-16)8-5-9-18(4)12-14-6-10-17(3)11-7-14/h14H,5-13,16H2,1-4H3. The third-order valence-electron chi connectivity index (χ3n) is 4.35. The molecule has 0 bridgehead atoms. The highest BCUT2D eigenvalue weighted by molar-refractivity contribution is 4.74. The summed E-state index contributed by atoms with van der Waals surface area (Å²) in [6.45, 7) is 10.4. The van der Waals surface area contributed by atoms with E-state index in [2.05, 4.69) is 37.7 Å². The van der Waals surface area contributed by atoms with Crippen LogP contribution in [0.5, 0.6) is 0 Å². The second kappa shape index (κ2) is 7.46. The highest BCUT2D eigenvalue weighted by Gasteiger charge is 2.19. The van der Waals surface area contributed by atoms with Gasteiger partial charge in [-0.3, -0.25) is 0 Å². The largest absolute Gasteiger partial charge is 0.330 e. The van der Waals surface area contributed by atoms with Gasteiger partial charge in [0, 0.05) is 6.54 Å². The zero-order valence-corrected chi connectivity index (χ0v) is 12.9. The Morgan fingerprint density at radius 2 is 1.89 bits per heavy atom. The van der Waals surface area contributed by atoms with Gasteiger partial charge >= 0.3 is 0 Å². The molecule has 108 valence electrons. The lowest BCUT2D eigenvalue weighted by molar-refractivity contribution is 0.172. The quantitative estimate of drug-likeness (QED) is 0.755. The van der Waals surface area contributed by atoms with Crippen molar-refractivity contribution in [2.75, 3.05) is 46.8 Å². The molecule has 0 aromatic carbocycles. The van der Waals surface area contributed by atoms with Crippen molar-refractivity contribution in [2.24, 2.45) is 17.1 Å². The predicted molar refractivity (Wildman–Crippen MR) is 79.8 cm³/mol. The van der Waals surface area contributed by atoms with Crippen LogP contribution in [0.1, 0.15) is 39.5 Å². The second-order valence-electron chi connectivity index (χ2n) is 6.98. The van der Waals surface area contributed by atoms with E-state index < -0.39 is 0 Å². The molecular weight excluding hydrogens is 222 g/mol. The lowest BCUT2D eigenvalue weighted by atomic mass is 9.88. The van der Waals surface area contributed by atoms with Crippen molar-refractivity contribution in [3.63, 3.8) is 0 Å². The third-order valence-corrected chi connectivity index (χ3v) is 4.35. The van der Waals surface area contributed by atoms with Crippen LogP contribution >= 0.6 is 0 Å². The van der Waals surface area contributed by atoms with Gasteiger partial charge in [0.25, 0.3) is 0 Å². The number of hydrogen-bond acceptors (Lipinski definition) is 3. The molecule has 1 aliphatic rings. The van der Waals surface area contributed by atoms with Crippen LogP contribution in [0.25, 0.3) is 0 Å². The van der Waals surface area contributed by atoms with E-state index in [-0.39, 0.29) is 0 Å². The van der Waals surface area contributed by atoms with Gasteiger partial charge in [-0.1, -0.05) is 13.8 Å². The Labute approximate surface area is 114 Å². The van der Waals surface area contributed by atoms with Crippen LogP contribution in [0.15, 0.2) is 0 Å². The lowest BCUT2D eigenvalue weighted by Gasteiger charge is -2.32. The number of piperidine rings is 1. The molecule has 0 radical (unpaired) electrons. The summed E-state index contributed by atoms with van der Waals surface area (Å²) in [4.78, 5) is 4.96. The number of rotatable bonds is 7. The normalized spacial score (nSPS) is 19.7. The smallest absolute Gasteiger partial charge is 0.000756 e. The van der Waals surface area contributed by atoms with Crippen LogP contribution in [-0.4, -0.2) is 56.6 Å². The van der Waals surface area contributed by atoms with Gasteiger partial charge in [0.05, 0.1) is 0 Å².